The van der Waals surface area contributed by atoms with Gasteiger partial charge in [0.15, 0.2) is 5.65 Å². The van der Waals surface area contributed by atoms with Gasteiger partial charge in [-0.15, -0.1) is 0 Å². The van der Waals surface area contributed by atoms with Gasteiger partial charge in [-0.25, -0.2) is 19.7 Å². The van der Waals surface area contributed by atoms with Gasteiger partial charge in [-0.1, -0.05) is 17.7 Å². The quantitative estimate of drug-likeness (QED) is 0.665. The van der Waals surface area contributed by atoms with Gasteiger partial charge in [-0.05, 0) is 49.1 Å². The fourth-order valence-electron chi connectivity index (χ4n) is 3.30. The molecule has 0 N–H and O–H groups in total. The van der Waals surface area contributed by atoms with E-state index in [1.165, 1.54) is 7.11 Å². The maximum absolute atomic E-state index is 11.6. The number of methoxy groups -OCH3 is 1. The Morgan fingerprint density at radius 1 is 1.24 bits per heavy atom. The predicted octanol–water partition coefficient (Wildman–Crippen LogP) is 4.04. The Hall–Kier alpha value is -2.53. The summed E-state index contributed by atoms with van der Waals surface area (Å²) in [5.41, 5.74) is 3.24. The lowest BCUT2D eigenvalue weighted by molar-refractivity contribution is 0.0600. The van der Waals surface area contributed by atoms with E-state index in [1.54, 1.807) is 18.3 Å². The van der Waals surface area contributed by atoms with Crippen LogP contribution in [-0.2, 0) is 4.74 Å². The van der Waals surface area contributed by atoms with E-state index in [0.717, 1.165) is 34.5 Å². The highest BCUT2D eigenvalue weighted by molar-refractivity contribution is 6.31. The number of hydrogen-bond acceptors (Lipinski definition) is 5. The molecular formula is C19H16ClN3O2. The van der Waals surface area contributed by atoms with E-state index in [2.05, 4.69) is 15.0 Å². The summed E-state index contributed by atoms with van der Waals surface area (Å²) in [6, 6.07) is 9.25. The smallest absolute Gasteiger partial charge is 0.337 e. The highest BCUT2D eigenvalue weighted by Gasteiger charge is 2.43. The molecule has 0 spiro atoms. The average molecular weight is 354 g/mol. The highest BCUT2D eigenvalue weighted by Crippen LogP contribution is 2.56. The van der Waals surface area contributed by atoms with Crippen LogP contribution in [-0.4, -0.2) is 28.0 Å². The van der Waals surface area contributed by atoms with Crippen LogP contribution in [0.1, 0.15) is 45.7 Å². The van der Waals surface area contributed by atoms with Crippen molar-refractivity contribution in [1.29, 1.82) is 0 Å². The summed E-state index contributed by atoms with van der Waals surface area (Å²) in [6.45, 7) is 1.88. The molecule has 2 aromatic heterocycles. The molecule has 0 saturated heterocycles. The largest absolute Gasteiger partial charge is 0.465 e. The molecule has 6 heteroatoms. The Balaban J connectivity index is 1.68. The SMILES string of the molecule is COC(=O)c1ccc(C2CC2c2nc(C)nc3ncccc23)c(Cl)c1. The van der Waals surface area contributed by atoms with Crippen LogP contribution >= 0.6 is 11.6 Å². The third-order valence-corrected chi connectivity index (χ3v) is 4.90. The van der Waals surface area contributed by atoms with Crippen LogP contribution in [0.25, 0.3) is 11.0 Å². The maximum atomic E-state index is 11.6. The lowest BCUT2D eigenvalue weighted by Crippen LogP contribution is -2.02. The van der Waals surface area contributed by atoms with E-state index in [9.17, 15) is 4.79 Å². The van der Waals surface area contributed by atoms with Crippen molar-refractivity contribution in [1.82, 2.24) is 15.0 Å². The summed E-state index contributed by atoms with van der Waals surface area (Å²) in [6.07, 6.45) is 2.71. The monoisotopic (exact) mass is 353 g/mol. The molecule has 1 aliphatic carbocycles. The number of esters is 1. The van der Waals surface area contributed by atoms with Gasteiger partial charge < -0.3 is 4.74 Å². The molecule has 3 aromatic rings. The maximum Gasteiger partial charge on any atom is 0.337 e. The molecule has 0 bridgehead atoms. The third kappa shape index (κ3) is 2.85. The van der Waals surface area contributed by atoms with Crippen molar-refractivity contribution in [3.63, 3.8) is 0 Å². The summed E-state index contributed by atoms with van der Waals surface area (Å²) < 4.78 is 4.74. The molecule has 126 valence electrons. The zero-order valence-electron chi connectivity index (χ0n) is 13.9. The molecule has 5 nitrogen and oxygen atoms in total. The van der Waals surface area contributed by atoms with E-state index in [0.29, 0.717) is 10.6 Å². The molecule has 4 rings (SSSR count). The summed E-state index contributed by atoms with van der Waals surface area (Å²) in [4.78, 5) is 25.0. The van der Waals surface area contributed by atoms with Gasteiger partial charge in [0, 0.05) is 22.5 Å². The number of aryl methyl sites for hydroxylation is 1. The number of benzene rings is 1. The number of nitrogens with zero attached hydrogens (tertiary/aromatic N) is 3. The predicted molar refractivity (Wildman–Crippen MR) is 95.0 cm³/mol. The zero-order valence-corrected chi connectivity index (χ0v) is 14.6. The topological polar surface area (TPSA) is 65.0 Å². The molecule has 0 radical (unpaired) electrons. The molecule has 1 fully saturated rings. The second-order valence-corrected chi connectivity index (χ2v) is 6.61. The first-order valence-corrected chi connectivity index (χ1v) is 8.43. The van der Waals surface area contributed by atoms with Gasteiger partial charge in [-0.2, -0.15) is 0 Å². The Kier molecular flexibility index (Phi) is 3.88. The summed E-state index contributed by atoms with van der Waals surface area (Å²) in [5, 5.41) is 1.58. The number of pyridine rings is 1. The standard InChI is InChI=1S/C19H16ClN3O2/c1-10-22-17(13-4-3-7-21-18(13)23-10)15-9-14(15)12-6-5-11(8-16(12)20)19(24)25-2/h3-8,14-15H,9H2,1-2H3. The molecule has 2 heterocycles. The van der Waals surface area contributed by atoms with Gasteiger partial charge in [0.2, 0.25) is 0 Å². The molecule has 2 atom stereocenters. The van der Waals surface area contributed by atoms with Gasteiger partial charge in [0.1, 0.15) is 5.82 Å². The van der Waals surface area contributed by atoms with Crippen LogP contribution in [0.15, 0.2) is 36.5 Å². The zero-order chi connectivity index (χ0) is 17.6. The number of ether oxygens (including phenoxy) is 1. The third-order valence-electron chi connectivity index (χ3n) is 4.58. The molecule has 1 saturated carbocycles. The van der Waals surface area contributed by atoms with Crippen molar-refractivity contribution in [3.8, 4) is 0 Å². The van der Waals surface area contributed by atoms with Crippen LogP contribution in [0.4, 0.5) is 0 Å². The number of hydrogen-bond donors (Lipinski definition) is 0. The van der Waals surface area contributed by atoms with Crippen LogP contribution in [0.5, 0.6) is 0 Å². The molecule has 0 amide bonds. The van der Waals surface area contributed by atoms with E-state index >= 15 is 0 Å². The molecule has 1 aliphatic rings. The van der Waals surface area contributed by atoms with Crippen molar-refractivity contribution >= 4 is 28.6 Å². The fourth-order valence-corrected chi connectivity index (χ4v) is 3.62. The van der Waals surface area contributed by atoms with Gasteiger partial charge >= 0.3 is 5.97 Å². The summed E-state index contributed by atoms with van der Waals surface area (Å²) in [5.74, 6) is 0.912. The van der Waals surface area contributed by atoms with E-state index in [4.69, 9.17) is 16.3 Å². The minimum Gasteiger partial charge on any atom is -0.465 e. The second kappa shape index (κ2) is 6.08. The van der Waals surface area contributed by atoms with Crippen LogP contribution in [0, 0.1) is 6.92 Å². The van der Waals surface area contributed by atoms with Crippen LogP contribution < -0.4 is 0 Å². The number of fused-ring (bicyclic) bond motifs is 1. The highest BCUT2D eigenvalue weighted by atomic mass is 35.5. The van der Waals surface area contributed by atoms with Gasteiger partial charge in [-0.3, -0.25) is 0 Å². The van der Waals surface area contributed by atoms with Crippen molar-refractivity contribution in [2.24, 2.45) is 0 Å². The number of carbonyl (C=O) groups is 1. The van der Waals surface area contributed by atoms with Crippen molar-refractivity contribution in [2.45, 2.75) is 25.2 Å². The first-order chi connectivity index (χ1) is 12.1. The molecule has 25 heavy (non-hydrogen) atoms. The van der Waals surface area contributed by atoms with E-state index < -0.39 is 0 Å². The van der Waals surface area contributed by atoms with Crippen molar-refractivity contribution < 1.29 is 9.53 Å². The Morgan fingerprint density at radius 2 is 2.08 bits per heavy atom. The lowest BCUT2D eigenvalue weighted by Gasteiger charge is -2.08. The van der Waals surface area contributed by atoms with Crippen LogP contribution in [0.2, 0.25) is 5.02 Å². The summed E-state index contributed by atoms with van der Waals surface area (Å²) >= 11 is 6.41. The van der Waals surface area contributed by atoms with E-state index in [1.807, 2.05) is 25.1 Å². The number of aromatic nitrogens is 3. The van der Waals surface area contributed by atoms with E-state index in [-0.39, 0.29) is 17.8 Å². The number of rotatable bonds is 3. The Bertz CT molecular complexity index is 990. The molecule has 0 aliphatic heterocycles. The molecule has 1 aromatic carbocycles. The van der Waals surface area contributed by atoms with Crippen molar-refractivity contribution in [3.05, 3.63) is 64.2 Å². The minimum atomic E-state index is -0.385. The fraction of sp³-hybridized carbons (Fsp3) is 0.263. The normalized spacial score (nSPS) is 19.0. The molecular weight excluding hydrogens is 338 g/mol. The van der Waals surface area contributed by atoms with Gasteiger partial charge in [0.25, 0.3) is 0 Å². The minimum absolute atomic E-state index is 0.287. The summed E-state index contributed by atoms with van der Waals surface area (Å²) in [7, 11) is 1.36. The van der Waals surface area contributed by atoms with Gasteiger partial charge in [0.05, 0.1) is 18.4 Å². The first-order valence-electron chi connectivity index (χ1n) is 8.05. The average Bonchev–Trinajstić information content (AvgIpc) is 3.40. The Labute approximate surface area is 150 Å². The Morgan fingerprint density at radius 3 is 2.84 bits per heavy atom. The van der Waals surface area contributed by atoms with Crippen LogP contribution in [0.3, 0.4) is 0 Å². The molecule has 2 unspecified atom stereocenters. The lowest BCUT2D eigenvalue weighted by atomic mass is 10.0. The van der Waals surface area contributed by atoms with Crippen molar-refractivity contribution in [2.75, 3.05) is 7.11 Å². The number of halogens is 1. The number of carbonyl (C=O) groups excluding carboxylic acids is 1. The first kappa shape index (κ1) is 16.0. The second-order valence-electron chi connectivity index (χ2n) is 6.21.